The van der Waals surface area contributed by atoms with Crippen LogP contribution < -0.4 is 0 Å². The highest BCUT2D eigenvalue weighted by atomic mass is 32.1. The minimum Gasteiger partial charge on any atom is -0.208 e. The number of hydrogen-bond donors (Lipinski definition) is 0. The molecule has 0 fully saturated rings. The van der Waals surface area contributed by atoms with Crippen LogP contribution in [0.2, 0.25) is 0 Å². The molecule has 4 heteroatoms. The number of nitrogens with zero attached hydrogens (tertiary/aromatic N) is 3. The molecule has 2 heterocycles. The monoisotopic (exact) mass is 591 g/mol. The summed E-state index contributed by atoms with van der Waals surface area (Å²) in [6.07, 6.45) is 0. The lowest BCUT2D eigenvalue weighted by Crippen LogP contribution is -2.00. The van der Waals surface area contributed by atoms with E-state index in [0.717, 1.165) is 16.7 Å². The molecule has 0 aliphatic carbocycles. The Morgan fingerprint density at radius 3 is 1.71 bits per heavy atom. The van der Waals surface area contributed by atoms with Crippen molar-refractivity contribution in [3.63, 3.8) is 0 Å². The van der Waals surface area contributed by atoms with Gasteiger partial charge >= 0.3 is 0 Å². The van der Waals surface area contributed by atoms with Gasteiger partial charge in [-0.3, -0.25) is 0 Å². The van der Waals surface area contributed by atoms with E-state index in [-0.39, 0.29) is 0 Å². The number of fused-ring (bicyclic) bond motifs is 6. The number of hydrogen-bond acceptors (Lipinski definition) is 4. The van der Waals surface area contributed by atoms with E-state index in [2.05, 4.69) is 115 Å². The Kier molecular flexibility index (Phi) is 6.00. The van der Waals surface area contributed by atoms with Gasteiger partial charge < -0.3 is 0 Å². The van der Waals surface area contributed by atoms with Crippen molar-refractivity contribution in [1.82, 2.24) is 15.0 Å². The van der Waals surface area contributed by atoms with Crippen molar-refractivity contribution in [2.24, 2.45) is 0 Å². The Morgan fingerprint density at radius 2 is 0.978 bits per heavy atom. The Balaban J connectivity index is 1.30. The highest BCUT2D eigenvalue weighted by Gasteiger charge is 2.18. The highest BCUT2D eigenvalue weighted by molar-refractivity contribution is 7.26. The second-order valence-electron chi connectivity index (χ2n) is 11.2. The van der Waals surface area contributed by atoms with Crippen LogP contribution in [0.25, 0.3) is 87.0 Å². The van der Waals surface area contributed by atoms with Gasteiger partial charge in [0, 0.05) is 36.9 Å². The van der Waals surface area contributed by atoms with Gasteiger partial charge in [-0.15, -0.1) is 11.3 Å². The molecule has 0 aliphatic rings. The molecule has 0 spiro atoms. The van der Waals surface area contributed by atoms with Gasteiger partial charge in [0.15, 0.2) is 17.5 Å². The summed E-state index contributed by atoms with van der Waals surface area (Å²) >= 11 is 1.81. The van der Waals surface area contributed by atoms with Crippen LogP contribution in [0.5, 0.6) is 0 Å². The summed E-state index contributed by atoms with van der Waals surface area (Å²) in [5.41, 5.74) is 5.37. The topological polar surface area (TPSA) is 38.7 Å². The normalized spacial score (nSPS) is 11.6. The summed E-state index contributed by atoms with van der Waals surface area (Å²) in [5.74, 6) is 2.01. The molecule has 7 aromatic carbocycles. The fraction of sp³-hybridized carbons (Fsp3) is 0. The van der Waals surface area contributed by atoms with Gasteiger partial charge in [0.05, 0.1) is 0 Å². The molecular weight excluding hydrogens is 567 g/mol. The molecule has 45 heavy (non-hydrogen) atoms. The van der Waals surface area contributed by atoms with Crippen LogP contribution in [0.15, 0.2) is 152 Å². The second kappa shape index (κ2) is 10.5. The van der Waals surface area contributed by atoms with E-state index >= 15 is 0 Å². The van der Waals surface area contributed by atoms with Crippen LogP contribution in [0, 0.1) is 0 Å². The third kappa shape index (κ3) is 4.38. The molecule has 0 N–H and O–H groups in total. The van der Waals surface area contributed by atoms with Crippen LogP contribution in [0.3, 0.4) is 0 Å². The average Bonchev–Trinajstić information content (AvgIpc) is 3.50. The van der Waals surface area contributed by atoms with E-state index < -0.39 is 0 Å². The average molecular weight is 592 g/mol. The van der Waals surface area contributed by atoms with E-state index in [0.29, 0.717) is 17.5 Å². The van der Waals surface area contributed by atoms with Crippen molar-refractivity contribution in [2.75, 3.05) is 0 Å². The van der Waals surface area contributed by atoms with E-state index in [1.807, 2.05) is 47.7 Å². The fourth-order valence-corrected chi connectivity index (χ4v) is 7.52. The third-order valence-electron chi connectivity index (χ3n) is 8.51. The third-order valence-corrected chi connectivity index (χ3v) is 9.65. The summed E-state index contributed by atoms with van der Waals surface area (Å²) in [6, 6.07) is 53.3. The quantitative estimate of drug-likeness (QED) is 0.191. The molecule has 9 rings (SSSR count). The van der Waals surface area contributed by atoms with Crippen molar-refractivity contribution in [1.29, 1.82) is 0 Å². The van der Waals surface area contributed by atoms with E-state index in [4.69, 9.17) is 15.0 Å². The zero-order chi connectivity index (χ0) is 29.7. The summed E-state index contributed by atoms with van der Waals surface area (Å²) in [5, 5.41) is 7.44. The van der Waals surface area contributed by atoms with Crippen LogP contribution in [-0.4, -0.2) is 15.0 Å². The lowest BCUT2D eigenvalue weighted by molar-refractivity contribution is 1.08. The lowest BCUT2D eigenvalue weighted by Gasteiger charge is -2.12. The predicted octanol–water partition coefficient (Wildman–Crippen LogP) is 11.2. The first-order valence-electron chi connectivity index (χ1n) is 15.0. The second-order valence-corrected chi connectivity index (χ2v) is 12.3. The highest BCUT2D eigenvalue weighted by Crippen LogP contribution is 2.43. The zero-order valence-electron chi connectivity index (χ0n) is 24.2. The molecule has 0 aliphatic heterocycles. The van der Waals surface area contributed by atoms with Gasteiger partial charge in [-0.2, -0.15) is 0 Å². The molecule has 9 aromatic rings. The van der Waals surface area contributed by atoms with Gasteiger partial charge in [0.1, 0.15) is 0 Å². The van der Waals surface area contributed by atoms with E-state index in [1.54, 1.807) is 0 Å². The first-order valence-corrected chi connectivity index (χ1v) is 15.9. The molecule has 210 valence electrons. The standard InChI is InChI=1S/C41H25N3S/c1-3-12-26(13-4-1)39-42-40(27-14-5-2-6-15-27)44-41(43-39)33-20-11-21-37-38(33)35-25-29(22-23-36(35)45-37)34-24-28-16-7-8-17-30(28)31-18-9-10-19-32(31)34/h1-25H. The molecule has 0 bridgehead atoms. The molecular formula is C41H25N3S. The number of rotatable bonds is 4. The van der Waals surface area contributed by atoms with Crippen molar-refractivity contribution in [3.8, 4) is 45.3 Å². The van der Waals surface area contributed by atoms with Gasteiger partial charge in [0.2, 0.25) is 0 Å². The van der Waals surface area contributed by atoms with Crippen LogP contribution in [-0.2, 0) is 0 Å². The summed E-state index contributed by atoms with van der Waals surface area (Å²) in [4.78, 5) is 15.1. The number of thiophene rings is 1. The zero-order valence-corrected chi connectivity index (χ0v) is 25.0. The van der Waals surface area contributed by atoms with Crippen molar-refractivity contribution >= 4 is 53.1 Å². The van der Waals surface area contributed by atoms with E-state index in [1.165, 1.54) is 52.8 Å². The Bertz CT molecular complexity index is 2480. The van der Waals surface area contributed by atoms with Gasteiger partial charge in [0.25, 0.3) is 0 Å². The van der Waals surface area contributed by atoms with Crippen molar-refractivity contribution in [3.05, 3.63) is 152 Å². The molecule has 0 atom stereocenters. The van der Waals surface area contributed by atoms with Crippen LogP contribution in [0.1, 0.15) is 0 Å². The predicted molar refractivity (Wildman–Crippen MR) is 189 cm³/mol. The number of aromatic nitrogens is 3. The number of benzene rings is 7. The minimum atomic E-state index is 0.666. The summed E-state index contributed by atoms with van der Waals surface area (Å²) < 4.78 is 2.46. The fourth-order valence-electron chi connectivity index (χ4n) is 6.40. The van der Waals surface area contributed by atoms with E-state index in [9.17, 15) is 0 Å². The maximum Gasteiger partial charge on any atom is 0.164 e. The smallest absolute Gasteiger partial charge is 0.164 e. The first-order chi connectivity index (χ1) is 22.3. The van der Waals surface area contributed by atoms with Crippen molar-refractivity contribution in [2.45, 2.75) is 0 Å². The molecule has 0 saturated carbocycles. The molecule has 0 radical (unpaired) electrons. The first kappa shape index (κ1) is 25.8. The molecule has 3 nitrogen and oxygen atoms in total. The molecule has 2 aromatic heterocycles. The largest absolute Gasteiger partial charge is 0.208 e. The Hall–Kier alpha value is -5.71. The van der Waals surface area contributed by atoms with Gasteiger partial charge in [-0.1, -0.05) is 127 Å². The minimum absolute atomic E-state index is 0.666. The van der Waals surface area contributed by atoms with Crippen molar-refractivity contribution < 1.29 is 0 Å². The molecule has 0 saturated heterocycles. The molecule has 0 unspecified atom stereocenters. The van der Waals surface area contributed by atoms with Gasteiger partial charge in [-0.05, 0) is 56.9 Å². The maximum atomic E-state index is 5.07. The van der Waals surface area contributed by atoms with Gasteiger partial charge in [-0.25, -0.2) is 15.0 Å². The van der Waals surface area contributed by atoms with Crippen LogP contribution >= 0.6 is 11.3 Å². The Morgan fingerprint density at radius 1 is 0.356 bits per heavy atom. The lowest BCUT2D eigenvalue weighted by atomic mass is 9.92. The maximum absolute atomic E-state index is 5.07. The summed E-state index contributed by atoms with van der Waals surface area (Å²) in [7, 11) is 0. The Labute approximate surface area is 264 Å². The molecule has 0 amide bonds. The summed E-state index contributed by atoms with van der Waals surface area (Å²) in [6.45, 7) is 0. The van der Waals surface area contributed by atoms with Crippen LogP contribution in [0.4, 0.5) is 0 Å². The SMILES string of the molecule is c1ccc(-c2nc(-c3ccccc3)nc(-c3cccc4sc5ccc(-c6cc7ccccc7c7ccccc67)cc5c34)n2)cc1.